The smallest absolute Gasteiger partial charge is 0.225 e. The Morgan fingerprint density at radius 2 is 1.78 bits per heavy atom. The maximum Gasteiger partial charge on any atom is 0.225 e. The van der Waals surface area contributed by atoms with Gasteiger partial charge in [0, 0.05) is 24.5 Å². The quantitative estimate of drug-likeness (QED) is 0.852. The number of morpholine rings is 1. The number of hydrogen-bond donors (Lipinski definition) is 1. The van der Waals surface area contributed by atoms with Crippen molar-refractivity contribution < 1.29 is 4.74 Å². The van der Waals surface area contributed by atoms with Gasteiger partial charge in [0.1, 0.15) is 0 Å². The summed E-state index contributed by atoms with van der Waals surface area (Å²) in [6.45, 7) is 8.41. The maximum atomic E-state index is 5.35. The van der Waals surface area contributed by atoms with Crippen LogP contribution in [0, 0.1) is 13.8 Å². The molecule has 1 aromatic rings. The molecule has 0 radical (unpaired) electrons. The van der Waals surface area contributed by atoms with E-state index in [9.17, 15) is 0 Å². The summed E-state index contributed by atoms with van der Waals surface area (Å²) in [7, 11) is 1.97. The molecule has 0 unspecified atom stereocenters. The number of nitrogens with one attached hydrogen (secondary N) is 1. The van der Waals surface area contributed by atoms with Crippen LogP contribution in [0.15, 0.2) is 0 Å². The SMILES string of the molecule is CNCCc1c(C)nc(N2CCOCC2)nc1C. The van der Waals surface area contributed by atoms with Gasteiger partial charge in [-0.05, 0) is 39.4 Å². The number of ether oxygens (including phenoxy) is 1. The first kappa shape index (κ1) is 13.2. The summed E-state index contributed by atoms with van der Waals surface area (Å²) in [6.07, 6.45) is 0.984. The van der Waals surface area contributed by atoms with E-state index in [2.05, 4.69) is 34.0 Å². The highest BCUT2D eigenvalue weighted by molar-refractivity contribution is 5.37. The molecule has 1 fully saturated rings. The highest BCUT2D eigenvalue weighted by atomic mass is 16.5. The number of anilines is 1. The molecule has 0 saturated carbocycles. The lowest BCUT2D eigenvalue weighted by Gasteiger charge is -2.27. The lowest BCUT2D eigenvalue weighted by molar-refractivity contribution is 0.122. The Balaban J connectivity index is 2.18. The van der Waals surface area contributed by atoms with Crippen molar-refractivity contribution in [3.8, 4) is 0 Å². The van der Waals surface area contributed by atoms with Gasteiger partial charge in [0.15, 0.2) is 0 Å². The summed E-state index contributed by atoms with van der Waals surface area (Å²) in [6, 6.07) is 0. The first-order valence-electron chi connectivity index (χ1n) is 6.53. The first-order chi connectivity index (χ1) is 8.72. The molecule has 0 aromatic carbocycles. The molecule has 0 aliphatic carbocycles. The van der Waals surface area contributed by atoms with Gasteiger partial charge in [-0.25, -0.2) is 9.97 Å². The Morgan fingerprint density at radius 1 is 1.17 bits per heavy atom. The molecule has 18 heavy (non-hydrogen) atoms. The van der Waals surface area contributed by atoms with Crippen LogP contribution in [-0.4, -0.2) is 49.9 Å². The minimum Gasteiger partial charge on any atom is -0.378 e. The van der Waals surface area contributed by atoms with Gasteiger partial charge >= 0.3 is 0 Å². The van der Waals surface area contributed by atoms with Crippen LogP contribution in [0.3, 0.4) is 0 Å². The predicted octanol–water partition coefficient (Wildman–Crippen LogP) is 0.692. The van der Waals surface area contributed by atoms with Gasteiger partial charge < -0.3 is 15.0 Å². The number of likely N-dealkylation sites (N-methyl/N-ethyl adjacent to an activating group) is 1. The molecule has 100 valence electrons. The third-order valence-corrected chi connectivity index (χ3v) is 3.33. The van der Waals surface area contributed by atoms with Crippen LogP contribution >= 0.6 is 0 Å². The van der Waals surface area contributed by atoms with Crippen LogP contribution in [-0.2, 0) is 11.2 Å². The van der Waals surface area contributed by atoms with Crippen LogP contribution in [0.2, 0.25) is 0 Å². The van der Waals surface area contributed by atoms with Gasteiger partial charge in [-0.2, -0.15) is 0 Å². The van der Waals surface area contributed by atoms with E-state index in [4.69, 9.17) is 4.74 Å². The van der Waals surface area contributed by atoms with Crippen molar-refractivity contribution >= 4 is 5.95 Å². The van der Waals surface area contributed by atoms with Crippen LogP contribution in [0.5, 0.6) is 0 Å². The summed E-state index contributed by atoms with van der Waals surface area (Å²) in [5.74, 6) is 0.849. The van der Waals surface area contributed by atoms with Gasteiger partial charge in [0.2, 0.25) is 5.95 Å². The molecule has 1 aromatic heterocycles. The molecule has 0 bridgehead atoms. The zero-order valence-electron chi connectivity index (χ0n) is 11.5. The monoisotopic (exact) mass is 250 g/mol. The van der Waals surface area contributed by atoms with E-state index in [0.29, 0.717) is 0 Å². The molecule has 5 heteroatoms. The van der Waals surface area contributed by atoms with Gasteiger partial charge in [0.05, 0.1) is 13.2 Å². The fourth-order valence-corrected chi connectivity index (χ4v) is 2.24. The van der Waals surface area contributed by atoms with Gasteiger partial charge in [0.25, 0.3) is 0 Å². The second-order valence-corrected chi connectivity index (χ2v) is 4.63. The van der Waals surface area contributed by atoms with E-state index in [0.717, 1.165) is 56.6 Å². The third kappa shape index (κ3) is 2.97. The van der Waals surface area contributed by atoms with E-state index in [1.807, 2.05) is 7.05 Å². The number of aromatic nitrogens is 2. The van der Waals surface area contributed by atoms with Gasteiger partial charge in [-0.15, -0.1) is 0 Å². The highest BCUT2D eigenvalue weighted by Gasteiger charge is 2.16. The third-order valence-electron chi connectivity index (χ3n) is 3.33. The van der Waals surface area contributed by atoms with Crippen molar-refractivity contribution in [3.05, 3.63) is 17.0 Å². The van der Waals surface area contributed by atoms with Crippen molar-refractivity contribution in [2.45, 2.75) is 20.3 Å². The Labute approximate surface area is 109 Å². The highest BCUT2D eigenvalue weighted by Crippen LogP contribution is 2.16. The van der Waals surface area contributed by atoms with Crippen LogP contribution in [0.1, 0.15) is 17.0 Å². The van der Waals surface area contributed by atoms with E-state index in [1.54, 1.807) is 0 Å². The molecule has 0 amide bonds. The largest absolute Gasteiger partial charge is 0.378 e. The van der Waals surface area contributed by atoms with Gasteiger partial charge in [-0.1, -0.05) is 0 Å². The number of aryl methyl sites for hydroxylation is 2. The second kappa shape index (κ2) is 6.11. The predicted molar refractivity (Wildman–Crippen MR) is 72.2 cm³/mol. The molecular formula is C13H22N4O. The molecule has 0 atom stereocenters. The summed E-state index contributed by atoms with van der Waals surface area (Å²) in [5, 5.41) is 3.17. The molecule has 1 aliphatic rings. The van der Waals surface area contributed by atoms with Crippen LogP contribution < -0.4 is 10.2 Å². The molecule has 1 N–H and O–H groups in total. The zero-order valence-corrected chi connectivity index (χ0v) is 11.5. The van der Waals surface area contributed by atoms with E-state index >= 15 is 0 Å². The summed E-state index contributed by atoms with van der Waals surface area (Å²) in [4.78, 5) is 11.5. The number of nitrogens with zero attached hydrogens (tertiary/aromatic N) is 3. The Kier molecular flexibility index (Phi) is 4.49. The van der Waals surface area contributed by atoms with Crippen LogP contribution in [0.4, 0.5) is 5.95 Å². The van der Waals surface area contributed by atoms with Crippen molar-refractivity contribution in [2.24, 2.45) is 0 Å². The first-order valence-corrected chi connectivity index (χ1v) is 6.53. The normalized spacial score (nSPS) is 16.1. The van der Waals surface area contributed by atoms with Crippen LogP contribution in [0.25, 0.3) is 0 Å². The van der Waals surface area contributed by atoms with E-state index in [-0.39, 0.29) is 0 Å². The van der Waals surface area contributed by atoms with Crippen molar-refractivity contribution in [3.63, 3.8) is 0 Å². The molecule has 1 aliphatic heterocycles. The molecule has 2 heterocycles. The molecule has 2 rings (SSSR count). The van der Waals surface area contributed by atoms with Crippen molar-refractivity contribution in [1.82, 2.24) is 15.3 Å². The number of rotatable bonds is 4. The van der Waals surface area contributed by atoms with Gasteiger partial charge in [-0.3, -0.25) is 0 Å². The van der Waals surface area contributed by atoms with Crippen molar-refractivity contribution in [1.29, 1.82) is 0 Å². The molecular weight excluding hydrogens is 228 g/mol. The summed E-state index contributed by atoms with van der Waals surface area (Å²) in [5.41, 5.74) is 3.46. The van der Waals surface area contributed by atoms with E-state index < -0.39 is 0 Å². The molecule has 1 saturated heterocycles. The average molecular weight is 250 g/mol. The average Bonchev–Trinajstić information content (AvgIpc) is 2.39. The Bertz CT molecular complexity index is 379. The fraction of sp³-hybridized carbons (Fsp3) is 0.692. The summed E-state index contributed by atoms with van der Waals surface area (Å²) >= 11 is 0. The standard InChI is InChI=1S/C13H22N4O/c1-10-12(4-5-14-3)11(2)16-13(15-10)17-6-8-18-9-7-17/h14H,4-9H2,1-3H3. The minimum atomic E-state index is 0.767. The maximum absolute atomic E-state index is 5.35. The Hall–Kier alpha value is -1.20. The topological polar surface area (TPSA) is 50.3 Å². The van der Waals surface area contributed by atoms with Crippen molar-refractivity contribution in [2.75, 3.05) is 44.8 Å². The molecule has 0 spiro atoms. The fourth-order valence-electron chi connectivity index (χ4n) is 2.24. The minimum absolute atomic E-state index is 0.767. The number of hydrogen-bond acceptors (Lipinski definition) is 5. The zero-order chi connectivity index (χ0) is 13.0. The molecule has 5 nitrogen and oxygen atoms in total. The van der Waals surface area contributed by atoms with E-state index in [1.165, 1.54) is 5.56 Å². The lowest BCUT2D eigenvalue weighted by Crippen LogP contribution is -2.37. The lowest BCUT2D eigenvalue weighted by atomic mass is 10.1. The second-order valence-electron chi connectivity index (χ2n) is 4.63. The Morgan fingerprint density at radius 3 is 2.33 bits per heavy atom. The summed E-state index contributed by atoms with van der Waals surface area (Å²) < 4.78 is 5.35.